The lowest BCUT2D eigenvalue weighted by Gasteiger charge is -2.25. The van der Waals surface area contributed by atoms with Crippen LogP contribution in [-0.2, 0) is 14.3 Å². The number of ether oxygens (including phenoxy) is 3. The number of primary amides is 1. The number of nitrogens with two attached hydrogens (primary N) is 1. The molecule has 2 heterocycles. The highest BCUT2D eigenvalue weighted by Gasteiger charge is 2.33. The molecule has 1 aliphatic heterocycles. The van der Waals surface area contributed by atoms with E-state index in [2.05, 4.69) is 20.9 Å². The van der Waals surface area contributed by atoms with E-state index in [1.54, 1.807) is 43.5 Å². The second-order valence-corrected chi connectivity index (χ2v) is 10.8. The lowest BCUT2D eigenvalue weighted by Crippen LogP contribution is -2.40. The minimum Gasteiger partial charge on any atom is -0.490 e. The molecule has 1 aromatic heterocycles. The van der Waals surface area contributed by atoms with E-state index >= 15 is 0 Å². The summed E-state index contributed by atoms with van der Waals surface area (Å²) in [6.07, 6.45) is 1.40. The van der Waals surface area contributed by atoms with E-state index in [4.69, 9.17) is 19.9 Å². The minimum absolute atomic E-state index is 0.293. The van der Waals surface area contributed by atoms with Gasteiger partial charge in [-0.3, -0.25) is 14.2 Å². The third-order valence-corrected chi connectivity index (χ3v) is 7.26. The Morgan fingerprint density at radius 1 is 1.21 bits per heavy atom. The first-order valence-corrected chi connectivity index (χ1v) is 13.9. The van der Waals surface area contributed by atoms with E-state index in [1.807, 2.05) is 37.3 Å². The van der Waals surface area contributed by atoms with Crippen molar-refractivity contribution in [3.05, 3.63) is 89.0 Å². The number of hydrogen-bond acceptors (Lipinski definition) is 8. The molecule has 0 aliphatic carbocycles. The van der Waals surface area contributed by atoms with Gasteiger partial charge in [0.1, 0.15) is 0 Å². The molecule has 204 valence electrons. The molecule has 1 aliphatic rings. The maximum atomic E-state index is 13.8. The van der Waals surface area contributed by atoms with Crippen molar-refractivity contribution in [3.63, 3.8) is 0 Å². The smallest absolute Gasteiger partial charge is 0.338 e. The Hall–Kier alpha value is -3.70. The number of allylic oxidation sites excluding steroid dienone is 1. The van der Waals surface area contributed by atoms with Gasteiger partial charge < -0.3 is 19.9 Å². The fraction of sp³-hybridized carbons (Fsp3) is 0.286. The number of amides is 1. The third kappa shape index (κ3) is 6.15. The Morgan fingerprint density at radius 2 is 1.92 bits per heavy atom. The SMILES string of the molecule is CCOc1cc(C=c2sc3n(c2=O)C(c2ccccc2)C(C(=O)OC(C)C)=C(C)N=3)cc(Br)c1OCC(N)=O. The molecule has 9 nitrogen and oxygen atoms in total. The van der Waals surface area contributed by atoms with Gasteiger partial charge in [0, 0.05) is 0 Å². The zero-order valence-corrected chi connectivity index (χ0v) is 24.3. The van der Waals surface area contributed by atoms with Gasteiger partial charge in [-0.1, -0.05) is 41.7 Å². The van der Waals surface area contributed by atoms with E-state index in [0.717, 1.165) is 5.56 Å². The van der Waals surface area contributed by atoms with Crippen LogP contribution >= 0.6 is 27.3 Å². The van der Waals surface area contributed by atoms with Crippen LogP contribution in [0.3, 0.4) is 0 Å². The van der Waals surface area contributed by atoms with Crippen molar-refractivity contribution in [2.24, 2.45) is 10.7 Å². The number of halogens is 1. The van der Waals surface area contributed by atoms with Crippen LogP contribution in [0.1, 0.15) is 44.9 Å². The first kappa shape index (κ1) is 28.3. The first-order chi connectivity index (χ1) is 18.6. The molecule has 2 N–H and O–H groups in total. The van der Waals surface area contributed by atoms with E-state index in [0.29, 0.717) is 48.7 Å². The molecule has 4 rings (SSSR count). The molecule has 1 atom stereocenters. The number of rotatable bonds is 9. The molecule has 0 bridgehead atoms. The van der Waals surface area contributed by atoms with Crippen LogP contribution in [0.4, 0.5) is 0 Å². The fourth-order valence-corrected chi connectivity index (χ4v) is 5.80. The fourth-order valence-electron chi connectivity index (χ4n) is 4.18. The van der Waals surface area contributed by atoms with Crippen LogP contribution in [0.2, 0.25) is 0 Å². The van der Waals surface area contributed by atoms with Crippen molar-refractivity contribution in [2.45, 2.75) is 39.8 Å². The predicted molar refractivity (Wildman–Crippen MR) is 151 cm³/mol. The minimum atomic E-state index is -0.689. The number of carbonyl (C=O) groups is 2. The molecule has 2 aromatic carbocycles. The highest BCUT2D eigenvalue weighted by Crippen LogP contribution is 2.37. The zero-order valence-electron chi connectivity index (χ0n) is 21.9. The summed E-state index contributed by atoms with van der Waals surface area (Å²) in [6, 6.07) is 12.1. The van der Waals surface area contributed by atoms with Crippen molar-refractivity contribution >= 4 is 45.2 Å². The normalized spacial score (nSPS) is 15.1. The molecule has 11 heteroatoms. The highest BCUT2D eigenvalue weighted by molar-refractivity contribution is 9.10. The Kier molecular flexibility index (Phi) is 8.71. The van der Waals surface area contributed by atoms with E-state index in [1.165, 1.54) is 11.3 Å². The second kappa shape index (κ2) is 12.0. The summed E-state index contributed by atoms with van der Waals surface area (Å²) in [7, 11) is 0. The maximum Gasteiger partial charge on any atom is 0.338 e. The van der Waals surface area contributed by atoms with Gasteiger partial charge in [0.25, 0.3) is 11.5 Å². The number of hydrogen-bond donors (Lipinski definition) is 1. The van der Waals surface area contributed by atoms with Crippen LogP contribution < -0.4 is 30.1 Å². The van der Waals surface area contributed by atoms with Crippen LogP contribution in [0.25, 0.3) is 6.08 Å². The van der Waals surface area contributed by atoms with Crippen molar-refractivity contribution < 1.29 is 23.8 Å². The lowest BCUT2D eigenvalue weighted by atomic mass is 9.96. The molecule has 0 fully saturated rings. The van der Waals surface area contributed by atoms with Gasteiger partial charge in [0.15, 0.2) is 22.9 Å². The van der Waals surface area contributed by atoms with E-state index in [9.17, 15) is 14.4 Å². The van der Waals surface area contributed by atoms with Gasteiger partial charge in [-0.25, -0.2) is 9.79 Å². The molecular weight excluding hydrogens is 586 g/mol. The van der Waals surface area contributed by atoms with Crippen LogP contribution in [0.15, 0.2) is 68.0 Å². The van der Waals surface area contributed by atoms with Gasteiger partial charge in [-0.05, 0) is 73.0 Å². The standard InChI is InChI=1S/C28H28BrN3O6S/c1-5-36-20-12-17(11-19(29)25(20)37-14-22(30)33)13-21-26(34)32-24(18-9-7-6-8-10-18)23(27(35)38-15(2)3)16(4)31-28(32)39-21/h6-13,15,24H,5,14H2,1-4H3,(H2,30,33). The quantitative estimate of drug-likeness (QED) is 0.370. The monoisotopic (exact) mass is 613 g/mol. The molecule has 39 heavy (non-hydrogen) atoms. The highest BCUT2D eigenvalue weighted by atomic mass is 79.9. The van der Waals surface area contributed by atoms with Crippen LogP contribution in [0.5, 0.6) is 11.5 Å². The molecular formula is C28H28BrN3O6S. The van der Waals surface area contributed by atoms with Crippen LogP contribution in [0, 0.1) is 0 Å². The summed E-state index contributed by atoms with van der Waals surface area (Å²) in [5.74, 6) is -0.396. The van der Waals surface area contributed by atoms with Gasteiger partial charge in [0.2, 0.25) is 0 Å². The third-order valence-electron chi connectivity index (χ3n) is 5.69. The summed E-state index contributed by atoms with van der Waals surface area (Å²) >= 11 is 4.69. The number of carbonyl (C=O) groups excluding carboxylic acids is 2. The summed E-state index contributed by atoms with van der Waals surface area (Å²) in [5, 5.41) is 0. The maximum absolute atomic E-state index is 13.8. The summed E-state index contributed by atoms with van der Waals surface area (Å²) in [4.78, 5) is 43.3. The van der Waals surface area contributed by atoms with Crippen molar-refractivity contribution in [2.75, 3.05) is 13.2 Å². The number of fused-ring (bicyclic) bond motifs is 1. The topological polar surface area (TPSA) is 122 Å². The lowest BCUT2D eigenvalue weighted by molar-refractivity contribution is -0.143. The molecule has 0 saturated carbocycles. The second-order valence-electron chi connectivity index (χ2n) is 8.96. The van der Waals surface area contributed by atoms with Gasteiger partial charge in [-0.15, -0.1) is 0 Å². The molecule has 0 spiro atoms. The average molecular weight is 615 g/mol. The Labute approximate surface area is 237 Å². The largest absolute Gasteiger partial charge is 0.490 e. The summed E-state index contributed by atoms with van der Waals surface area (Å²) < 4.78 is 19.3. The molecule has 1 unspecified atom stereocenters. The zero-order chi connectivity index (χ0) is 28.3. The molecule has 0 saturated heterocycles. The Morgan fingerprint density at radius 3 is 2.56 bits per heavy atom. The first-order valence-electron chi connectivity index (χ1n) is 12.3. The van der Waals surface area contributed by atoms with Crippen molar-refractivity contribution in [1.29, 1.82) is 0 Å². The molecule has 0 radical (unpaired) electrons. The van der Waals surface area contributed by atoms with Crippen LogP contribution in [-0.4, -0.2) is 35.8 Å². The summed E-state index contributed by atoms with van der Waals surface area (Å²) in [5.41, 5.74) is 7.19. The number of nitrogens with zero attached hydrogens (tertiary/aromatic N) is 2. The van der Waals surface area contributed by atoms with E-state index in [-0.39, 0.29) is 18.3 Å². The number of benzene rings is 2. The molecule has 3 aromatic rings. The average Bonchev–Trinajstić information content (AvgIpc) is 3.16. The number of esters is 1. The number of aromatic nitrogens is 1. The van der Waals surface area contributed by atoms with Gasteiger partial charge in [0.05, 0.1) is 39.0 Å². The Balaban J connectivity index is 1.87. The predicted octanol–water partition coefficient (Wildman–Crippen LogP) is 3.21. The molecule has 1 amide bonds. The van der Waals surface area contributed by atoms with Gasteiger partial charge in [-0.2, -0.15) is 0 Å². The Bertz CT molecular complexity index is 1630. The number of thiazole rings is 1. The van der Waals surface area contributed by atoms with E-state index < -0.39 is 17.9 Å². The van der Waals surface area contributed by atoms with Gasteiger partial charge >= 0.3 is 5.97 Å². The van der Waals surface area contributed by atoms with Crippen molar-refractivity contribution in [3.8, 4) is 11.5 Å². The van der Waals surface area contributed by atoms with Crippen molar-refractivity contribution in [1.82, 2.24) is 4.57 Å². The summed E-state index contributed by atoms with van der Waals surface area (Å²) in [6.45, 7) is 7.18.